The summed E-state index contributed by atoms with van der Waals surface area (Å²) in [6.07, 6.45) is -2.63. The van der Waals surface area contributed by atoms with Crippen LogP contribution in [0.1, 0.15) is 92.6 Å². The first-order valence-electron chi connectivity index (χ1n) is 32.2. The fourth-order valence-electron chi connectivity index (χ4n) is 12.7. The summed E-state index contributed by atoms with van der Waals surface area (Å²) in [5.74, 6) is -13.5. The second-order valence-electron chi connectivity index (χ2n) is 24.8. The van der Waals surface area contributed by atoms with Gasteiger partial charge in [-0.3, -0.25) is 28.8 Å². The van der Waals surface area contributed by atoms with Crippen molar-refractivity contribution in [3.05, 3.63) is 232 Å². The molecule has 10 aromatic rings. The van der Waals surface area contributed by atoms with E-state index >= 15 is 24.0 Å². The Kier molecular flexibility index (Phi) is 17.8. The zero-order chi connectivity index (χ0) is 72.9. The summed E-state index contributed by atoms with van der Waals surface area (Å²) in [5, 5.41) is 118. The molecule has 9 atom stereocenters. The van der Waals surface area contributed by atoms with Gasteiger partial charge >= 0.3 is 5.97 Å². The van der Waals surface area contributed by atoms with Gasteiger partial charge in [0.05, 0.1) is 13.3 Å². The number of hydrogen-bond donors (Lipinski definition) is 14. The van der Waals surface area contributed by atoms with Crippen molar-refractivity contribution >= 4 is 41.4 Å². The summed E-state index contributed by atoms with van der Waals surface area (Å²) in [4.78, 5) is 107. The molecular weight excluding hydrogens is 1350 g/mol. The highest BCUT2D eigenvalue weighted by molar-refractivity contribution is 6.00. The Balaban J connectivity index is 0.904. The molecule has 0 unspecified atom stereocenters. The fraction of sp³-hybridized carbons (Fsp3) is 0.160. The van der Waals surface area contributed by atoms with Gasteiger partial charge in [-0.15, -0.1) is 5.10 Å². The van der Waals surface area contributed by atoms with Crippen LogP contribution < -0.4 is 50.8 Å². The van der Waals surface area contributed by atoms with E-state index in [0.29, 0.717) is 5.75 Å². The molecule has 16 rings (SSSR count). The standard InChI is InChI=1S/C75H61N9O20/c1-34-52(88)25-41-27-54(34)104-55-26-40(15-23-51(55)87)65(84-32-43(82-83-84)33-101-45-16-8-36(9-17-45)35-6-4-3-5-7-35)74(98)81-64-67(91)38-12-20-47(21-13-38)103-57-29-42-28-56(68(57)92)102-46-18-10-37(11-19-46)66(90)63-73(97)79-62(75(99)100-2)49-30-44(85)31-53(89)58(49)48-24-39(14-22-50(48)86)59(69(93)80-63)76-71(95)61(42)77-70(94)60(41)78-72(64)96/h3-32,59-67,85-92H,33H2,1-2H3,(H,76,95)(H,77,94)(H,78,96)(H,79,97)(H,80,93)(H,81,98)/t59-,60+,61-,62-,63+,64-,65+,66-,67-/m1/s1. The van der Waals surface area contributed by atoms with Gasteiger partial charge < -0.3 is 96.4 Å². The number of phenols is 6. The summed E-state index contributed by atoms with van der Waals surface area (Å²) in [6, 6.07) is 27.0. The first kappa shape index (κ1) is 67.5. The first-order chi connectivity index (χ1) is 50.0. The number of nitrogens with zero attached hydrogens (tertiary/aromatic N) is 3. The number of aliphatic hydroxyl groups is 2. The van der Waals surface area contributed by atoms with Crippen molar-refractivity contribution in [2.45, 2.75) is 68.0 Å². The molecule has 29 nitrogen and oxygen atoms in total. The molecule has 1 aromatic heterocycles. The van der Waals surface area contributed by atoms with Crippen molar-refractivity contribution in [3.63, 3.8) is 0 Å². The van der Waals surface area contributed by atoms with E-state index in [1.807, 2.05) is 42.5 Å². The molecule has 526 valence electrons. The number of hydrogen-bond acceptors (Lipinski definition) is 22. The van der Waals surface area contributed by atoms with Crippen LogP contribution in [0.3, 0.4) is 0 Å². The van der Waals surface area contributed by atoms with Gasteiger partial charge in [-0.05, 0) is 142 Å². The zero-order valence-electron chi connectivity index (χ0n) is 54.5. The number of aliphatic hydroxyl groups excluding tert-OH is 2. The molecule has 0 aliphatic carbocycles. The van der Waals surface area contributed by atoms with Crippen molar-refractivity contribution in [2.75, 3.05) is 7.11 Å². The van der Waals surface area contributed by atoms with Gasteiger partial charge in [0.1, 0.15) is 101 Å². The highest BCUT2D eigenvalue weighted by Gasteiger charge is 2.43. The molecule has 7 heterocycles. The lowest BCUT2D eigenvalue weighted by Crippen LogP contribution is -2.55. The summed E-state index contributed by atoms with van der Waals surface area (Å²) in [7, 11) is 0.975. The van der Waals surface area contributed by atoms with E-state index in [4.69, 9.17) is 23.7 Å². The average molecular weight is 1410 g/mol. The topological polar surface area (TPSA) is 430 Å². The predicted molar refractivity (Wildman–Crippen MR) is 363 cm³/mol. The predicted octanol–water partition coefficient (Wildman–Crippen LogP) is 6.99. The monoisotopic (exact) mass is 1410 g/mol. The van der Waals surface area contributed by atoms with Crippen molar-refractivity contribution < 1.29 is 98.1 Å². The highest BCUT2D eigenvalue weighted by atomic mass is 16.5. The largest absolute Gasteiger partial charge is 0.508 e. The number of fused-ring (bicyclic) bond motifs is 14. The molecule has 0 saturated carbocycles. The number of esters is 1. The smallest absolute Gasteiger partial charge is 0.333 e. The molecule has 9 aromatic carbocycles. The van der Waals surface area contributed by atoms with Gasteiger partial charge in [-0.25, -0.2) is 9.48 Å². The molecular formula is C75H61N9O20. The van der Waals surface area contributed by atoms with Crippen LogP contribution in [0.2, 0.25) is 0 Å². The molecule has 0 fully saturated rings. The third kappa shape index (κ3) is 13.2. The second kappa shape index (κ2) is 27.5. The molecule has 14 N–H and O–H groups in total. The van der Waals surface area contributed by atoms with Gasteiger partial charge in [0.2, 0.25) is 41.2 Å². The van der Waals surface area contributed by atoms with Crippen LogP contribution in [-0.4, -0.2) is 116 Å². The molecule has 0 saturated heterocycles. The van der Waals surface area contributed by atoms with Crippen LogP contribution in [0.15, 0.2) is 182 Å². The molecule has 0 radical (unpaired) electrons. The lowest BCUT2D eigenvalue weighted by molar-refractivity contribution is -0.146. The Morgan fingerprint density at radius 3 is 1.65 bits per heavy atom. The molecule has 17 bridgehead atoms. The summed E-state index contributed by atoms with van der Waals surface area (Å²) >= 11 is 0. The summed E-state index contributed by atoms with van der Waals surface area (Å²) in [6.45, 7) is 1.28. The Hall–Kier alpha value is -13.7. The molecule has 6 amide bonds. The van der Waals surface area contributed by atoms with Gasteiger partial charge in [-0.1, -0.05) is 84.1 Å². The number of benzene rings is 9. The third-order valence-corrected chi connectivity index (χ3v) is 18.1. The maximum absolute atomic E-state index is 16.0. The van der Waals surface area contributed by atoms with Crippen LogP contribution in [0.25, 0.3) is 22.3 Å². The summed E-state index contributed by atoms with van der Waals surface area (Å²) < 4.78 is 31.2. The number of ether oxygens (including phenoxy) is 5. The number of carbonyl (C=O) groups is 7. The average Bonchev–Trinajstić information content (AvgIpc) is 0.890. The minimum Gasteiger partial charge on any atom is -0.508 e. The van der Waals surface area contributed by atoms with E-state index in [0.717, 1.165) is 71.4 Å². The number of carbonyl (C=O) groups excluding carboxylic acids is 7. The van der Waals surface area contributed by atoms with E-state index < -0.39 is 147 Å². The minimum atomic E-state index is -2.18. The number of rotatable bonds is 6. The van der Waals surface area contributed by atoms with Gasteiger partial charge in [0, 0.05) is 28.3 Å². The quantitative estimate of drug-likeness (QED) is 0.0745. The fourth-order valence-corrected chi connectivity index (χ4v) is 12.7. The van der Waals surface area contributed by atoms with Crippen molar-refractivity contribution in [1.29, 1.82) is 0 Å². The van der Waals surface area contributed by atoms with Crippen molar-refractivity contribution in [1.82, 2.24) is 46.9 Å². The highest BCUT2D eigenvalue weighted by Crippen LogP contribution is 2.48. The molecule has 0 spiro atoms. The zero-order valence-corrected chi connectivity index (χ0v) is 54.5. The lowest BCUT2D eigenvalue weighted by Gasteiger charge is -2.31. The number of methoxy groups -OCH3 is 1. The van der Waals surface area contributed by atoms with Crippen molar-refractivity contribution in [2.24, 2.45) is 0 Å². The van der Waals surface area contributed by atoms with E-state index in [2.05, 4.69) is 42.2 Å². The number of nitrogens with one attached hydrogen (secondary N) is 6. The molecule has 29 heteroatoms. The van der Waals surface area contributed by atoms with Crippen LogP contribution in [0, 0.1) is 6.92 Å². The van der Waals surface area contributed by atoms with Crippen LogP contribution in [0.4, 0.5) is 0 Å². The maximum atomic E-state index is 16.0. The summed E-state index contributed by atoms with van der Waals surface area (Å²) in [5.41, 5.74) is 0.234. The minimum absolute atomic E-state index is 0.0167. The molecule has 6 aliphatic rings. The number of phenolic OH excluding ortho intramolecular Hbond substituents is 6. The maximum Gasteiger partial charge on any atom is 0.333 e. The van der Waals surface area contributed by atoms with E-state index in [1.54, 1.807) is 12.1 Å². The van der Waals surface area contributed by atoms with E-state index in [-0.39, 0.29) is 85.4 Å². The number of aromatic nitrogens is 3. The first-order valence-corrected chi connectivity index (χ1v) is 32.2. The number of aromatic hydroxyl groups is 6. The Morgan fingerprint density at radius 2 is 1.02 bits per heavy atom. The van der Waals surface area contributed by atoms with E-state index in [9.17, 15) is 50.4 Å². The molecule has 104 heavy (non-hydrogen) atoms. The molecule has 6 aliphatic heterocycles. The van der Waals surface area contributed by atoms with Crippen LogP contribution in [-0.2, 0) is 44.9 Å². The second-order valence-corrected chi connectivity index (χ2v) is 24.8. The van der Waals surface area contributed by atoms with Gasteiger partial charge in [0.15, 0.2) is 35.1 Å². The van der Waals surface area contributed by atoms with E-state index in [1.165, 1.54) is 85.9 Å². The Bertz CT molecular complexity index is 5110. The van der Waals surface area contributed by atoms with Gasteiger partial charge in [0.25, 0.3) is 0 Å². The Morgan fingerprint density at radius 1 is 0.490 bits per heavy atom. The van der Waals surface area contributed by atoms with Gasteiger partial charge in [-0.2, -0.15) is 0 Å². The van der Waals surface area contributed by atoms with Crippen molar-refractivity contribution in [3.8, 4) is 97.0 Å². The SMILES string of the molecule is COC(=O)[C@@H]1NC(=O)[C@H]2NC(=O)[C@H](NC(=O)[C@@H]3NC(=O)[C@H]4NC(=O)[C@H](NC(=O)[C@@H](n5cc(COc6ccc(-c7ccccc7)cc6)nn5)c5ccc(O)c(c5)Oc5cc4cc(O)c5C)[C@H](O)c4ccc(cc4)Oc4cc3cc(c4O)Oc3ccc(cc3)[C@H]2O)c2ccc(O)c(c2)-c2c(O)cc(O)cc21. The van der Waals surface area contributed by atoms with Crippen LogP contribution in [0.5, 0.6) is 74.7 Å². The Labute approximate surface area is 588 Å². The normalized spacial score (nSPS) is 20.8. The van der Waals surface area contributed by atoms with Crippen LogP contribution >= 0.6 is 0 Å². The number of amides is 6. The lowest BCUT2D eigenvalue weighted by atomic mass is 9.89. The third-order valence-electron chi connectivity index (χ3n) is 18.1.